The summed E-state index contributed by atoms with van der Waals surface area (Å²) in [5.41, 5.74) is 2.09. The van der Waals surface area contributed by atoms with Crippen molar-refractivity contribution in [3.05, 3.63) is 52.3 Å². The van der Waals surface area contributed by atoms with Crippen molar-refractivity contribution in [3.8, 4) is 5.88 Å². The lowest BCUT2D eigenvalue weighted by Crippen LogP contribution is -2.48. The van der Waals surface area contributed by atoms with Crippen LogP contribution in [-0.2, 0) is 16.0 Å². The van der Waals surface area contributed by atoms with Gasteiger partial charge in [0.1, 0.15) is 18.5 Å². The molecule has 1 fully saturated rings. The van der Waals surface area contributed by atoms with Crippen LogP contribution < -0.4 is 4.74 Å². The fourth-order valence-corrected chi connectivity index (χ4v) is 4.96. The van der Waals surface area contributed by atoms with Crippen molar-refractivity contribution in [1.82, 2.24) is 14.9 Å². The van der Waals surface area contributed by atoms with Crippen LogP contribution in [0.3, 0.4) is 0 Å². The molecule has 31 heavy (non-hydrogen) atoms. The summed E-state index contributed by atoms with van der Waals surface area (Å²) >= 11 is 1.71. The molecule has 0 spiro atoms. The smallest absolute Gasteiger partial charge is 0.228 e. The van der Waals surface area contributed by atoms with Crippen molar-refractivity contribution >= 4 is 27.3 Å². The standard InChI is InChI=1S/C24H29N3O3S/c1-15(2)24-25-16(3)11-22(26-24)30-14-18-13-27(9-10-29-18)23(28)12-21-17(4)19-7-5-6-8-20(19)31-21/h5-8,11,15,18H,9-10,12-14H2,1-4H3. The van der Waals surface area contributed by atoms with Gasteiger partial charge >= 0.3 is 0 Å². The van der Waals surface area contributed by atoms with E-state index in [0.717, 1.165) is 16.4 Å². The maximum absolute atomic E-state index is 13.0. The number of nitrogens with zero attached hydrogens (tertiary/aromatic N) is 3. The number of aryl methyl sites for hydroxylation is 2. The molecule has 3 aromatic rings. The summed E-state index contributed by atoms with van der Waals surface area (Å²) in [4.78, 5) is 25.0. The van der Waals surface area contributed by atoms with Crippen LogP contribution in [0.2, 0.25) is 0 Å². The number of fused-ring (bicyclic) bond motifs is 1. The summed E-state index contributed by atoms with van der Waals surface area (Å²) in [6, 6.07) is 10.2. The normalized spacial score (nSPS) is 16.8. The van der Waals surface area contributed by atoms with E-state index >= 15 is 0 Å². The van der Waals surface area contributed by atoms with E-state index in [1.807, 2.05) is 30.0 Å². The minimum absolute atomic E-state index is 0.142. The lowest BCUT2D eigenvalue weighted by atomic mass is 10.1. The molecule has 0 N–H and O–H groups in total. The third-order valence-electron chi connectivity index (χ3n) is 5.53. The number of amides is 1. The van der Waals surface area contributed by atoms with Crippen LogP contribution in [0.5, 0.6) is 5.88 Å². The van der Waals surface area contributed by atoms with Crippen LogP contribution in [0.4, 0.5) is 0 Å². The Labute approximate surface area is 187 Å². The van der Waals surface area contributed by atoms with Gasteiger partial charge in [0.15, 0.2) is 0 Å². The zero-order valence-corrected chi connectivity index (χ0v) is 19.4. The minimum Gasteiger partial charge on any atom is -0.475 e. The van der Waals surface area contributed by atoms with Crippen molar-refractivity contribution in [1.29, 1.82) is 0 Å². The molecule has 0 bridgehead atoms. The first-order valence-corrected chi connectivity index (χ1v) is 11.6. The number of hydrogen-bond acceptors (Lipinski definition) is 6. The number of aromatic nitrogens is 2. The van der Waals surface area contributed by atoms with E-state index in [0.29, 0.717) is 38.6 Å². The minimum atomic E-state index is -0.168. The maximum atomic E-state index is 13.0. The number of rotatable bonds is 6. The van der Waals surface area contributed by atoms with Gasteiger partial charge in [-0.3, -0.25) is 4.79 Å². The second-order valence-corrected chi connectivity index (χ2v) is 9.46. The molecule has 1 unspecified atom stereocenters. The number of thiophene rings is 1. The SMILES string of the molecule is Cc1cc(OCC2CN(C(=O)Cc3sc4ccccc4c3C)CCO2)nc(C(C)C)n1. The molecule has 2 aromatic heterocycles. The van der Waals surface area contributed by atoms with Gasteiger partial charge in [-0.05, 0) is 30.9 Å². The monoisotopic (exact) mass is 439 g/mol. The summed E-state index contributed by atoms with van der Waals surface area (Å²) in [7, 11) is 0. The van der Waals surface area contributed by atoms with Gasteiger partial charge in [-0.25, -0.2) is 4.98 Å². The summed E-state index contributed by atoms with van der Waals surface area (Å²) in [5, 5.41) is 1.24. The molecule has 0 radical (unpaired) electrons. The Balaban J connectivity index is 1.37. The molecule has 1 aromatic carbocycles. The van der Waals surface area contributed by atoms with Gasteiger partial charge in [0.2, 0.25) is 11.8 Å². The number of morpholine rings is 1. The van der Waals surface area contributed by atoms with Crippen molar-refractivity contribution in [2.24, 2.45) is 0 Å². The summed E-state index contributed by atoms with van der Waals surface area (Å²) < 4.78 is 13.0. The second kappa shape index (κ2) is 9.32. The number of hydrogen-bond donors (Lipinski definition) is 0. The van der Waals surface area contributed by atoms with Crippen LogP contribution in [0.25, 0.3) is 10.1 Å². The van der Waals surface area contributed by atoms with Gasteiger partial charge < -0.3 is 14.4 Å². The summed E-state index contributed by atoms with van der Waals surface area (Å²) in [6.45, 7) is 10.2. The quantitative estimate of drug-likeness (QED) is 0.574. The number of carbonyl (C=O) groups is 1. The van der Waals surface area contributed by atoms with E-state index in [1.54, 1.807) is 11.3 Å². The molecule has 1 amide bonds. The molecular weight excluding hydrogens is 410 g/mol. The van der Waals surface area contributed by atoms with Crippen LogP contribution in [0, 0.1) is 13.8 Å². The molecule has 4 rings (SSSR count). The Hall–Kier alpha value is -2.51. The third kappa shape index (κ3) is 5.05. The zero-order chi connectivity index (χ0) is 22.0. The van der Waals surface area contributed by atoms with Gasteiger partial charge in [-0.15, -0.1) is 11.3 Å². The predicted octanol–water partition coefficient (Wildman–Crippen LogP) is 4.28. The van der Waals surface area contributed by atoms with Gasteiger partial charge in [0.05, 0.1) is 19.6 Å². The van der Waals surface area contributed by atoms with E-state index in [4.69, 9.17) is 9.47 Å². The number of benzene rings is 1. The zero-order valence-electron chi connectivity index (χ0n) is 18.6. The van der Waals surface area contributed by atoms with Gasteiger partial charge in [0.25, 0.3) is 0 Å². The Morgan fingerprint density at radius 1 is 1.29 bits per heavy atom. The van der Waals surface area contributed by atoms with Crippen molar-refractivity contribution in [2.75, 3.05) is 26.3 Å². The molecule has 1 atom stereocenters. The lowest BCUT2D eigenvalue weighted by Gasteiger charge is -2.32. The topological polar surface area (TPSA) is 64.5 Å². The Morgan fingerprint density at radius 3 is 2.87 bits per heavy atom. The van der Waals surface area contributed by atoms with Gasteiger partial charge in [-0.1, -0.05) is 32.0 Å². The fraction of sp³-hybridized carbons (Fsp3) is 0.458. The summed E-state index contributed by atoms with van der Waals surface area (Å²) in [5.74, 6) is 1.71. The number of ether oxygens (including phenoxy) is 2. The van der Waals surface area contributed by atoms with E-state index in [9.17, 15) is 4.79 Å². The molecule has 3 heterocycles. The van der Waals surface area contributed by atoms with Crippen molar-refractivity contribution in [2.45, 2.75) is 46.1 Å². The molecule has 164 valence electrons. The molecule has 7 heteroatoms. The first kappa shape index (κ1) is 21.7. The van der Waals surface area contributed by atoms with Crippen LogP contribution in [0.15, 0.2) is 30.3 Å². The van der Waals surface area contributed by atoms with E-state index in [-0.39, 0.29) is 17.9 Å². The largest absolute Gasteiger partial charge is 0.475 e. The Bertz CT molecular complexity index is 1080. The third-order valence-corrected chi connectivity index (χ3v) is 6.80. The molecule has 1 aliphatic heterocycles. The Morgan fingerprint density at radius 2 is 2.10 bits per heavy atom. The van der Waals surface area contributed by atoms with Gasteiger partial charge in [-0.2, -0.15) is 4.98 Å². The van der Waals surface area contributed by atoms with Crippen molar-refractivity contribution in [3.63, 3.8) is 0 Å². The number of carbonyl (C=O) groups excluding carboxylic acids is 1. The maximum Gasteiger partial charge on any atom is 0.228 e. The highest BCUT2D eigenvalue weighted by Gasteiger charge is 2.26. The molecule has 0 saturated carbocycles. The lowest BCUT2D eigenvalue weighted by molar-refractivity contribution is -0.139. The highest BCUT2D eigenvalue weighted by Crippen LogP contribution is 2.31. The predicted molar refractivity (Wildman–Crippen MR) is 123 cm³/mol. The van der Waals surface area contributed by atoms with E-state index < -0.39 is 0 Å². The fourth-order valence-electron chi connectivity index (χ4n) is 3.76. The molecule has 1 aliphatic rings. The molecule has 0 aliphatic carbocycles. The second-order valence-electron chi connectivity index (χ2n) is 8.33. The van der Waals surface area contributed by atoms with Crippen LogP contribution in [0.1, 0.15) is 41.7 Å². The highest BCUT2D eigenvalue weighted by atomic mass is 32.1. The molecular formula is C24H29N3O3S. The first-order chi connectivity index (χ1) is 14.9. The first-order valence-electron chi connectivity index (χ1n) is 10.8. The average Bonchev–Trinajstić information content (AvgIpc) is 3.07. The van der Waals surface area contributed by atoms with Crippen LogP contribution >= 0.6 is 11.3 Å². The Kier molecular flexibility index (Phi) is 6.53. The molecule has 6 nitrogen and oxygen atoms in total. The highest BCUT2D eigenvalue weighted by molar-refractivity contribution is 7.19. The van der Waals surface area contributed by atoms with Crippen molar-refractivity contribution < 1.29 is 14.3 Å². The summed E-state index contributed by atoms with van der Waals surface area (Å²) in [6.07, 6.45) is 0.265. The average molecular weight is 440 g/mol. The van der Waals surface area contributed by atoms with E-state index in [2.05, 4.69) is 42.9 Å². The van der Waals surface area contributed by atoms with Gasteiger partial charge in [0, 0.05) is 33.8 Å². The van der Waals surface area contributed by atoms with Crippen LogP contribution in [-0.4, -0.2) is 53.2 Å². The molecule has 1 saturated heterocycles. The van der Waals surface area contributed by atoms with E-state index in [1.165, 1.54) is 15.6 Å².